The zero-order valence-corrected chi connectivity index (χ0v) is 12.5. The molecule has 0 aliphatic carbocycles. The highest BCUT2D eigenvalue weighted by molar-refractivity contribution is 6.18. The van der Waals surface area contributed by atoms with Gasteiger partial charge in [-0.1, -0.05) is 30.3 Å². The molecular formula is C19H16O3. The summed E-state index contributed by atoms with van der Waals surface area (Å²) in [5.74, 6) is 1.25. The number of hydrogen-bond donors (Lipinski definition) is 0. The van der Waals surface area contributed by atoms with Crippen molar-refractivity contribution < 1.29 is 14.3 Å². The Kier molecular flexibility index (Phi) is 3.79. The van der Waals surface area contributed by atoms with Gasteiger partial charge in [0.25, 0.3) is 0 Å². The summed E-state index contributed by atoms with van der Waals surface area (Å²) in [5.41, 5.74) is 1.20. The number of fused-ring (bicyclic) bond motifs is 1. The fraction of sp³-hybridized carbons (Fsp3) is 0.105. The second-order valence-electron chi connectivity index (χ2n) is 4.92. The van der Waals surface area contributed by atoms with E-state index in [9.17, 15) is 4.79 Å². The van der Waals surface area contributed by atoms with Gasteiger partial charge in [-0.15, -0.1) is 0 Å². The third-order valence-electron chi connectivity index (χ3n) is 3.69. The monoisotopic (exact) mass is 292 g/mol. The lowest BCUT2D eigenvalue weighted by Crippen LogP contribution is -2.05. The molecule has 0 aliphatic rings. The highest BCUT2D eigenvalue weighted by atomic mass is 16.5. The summed E-state index contributed by atoms with van der Waals surface area (Å²) in [6, 6.07) is 18.7. The first-order chi connectivity index (χ1) is 10.7. The van der Waals surface area contributed by atoms with Gasteiger partial charge >= 0.3 is 0 Å². The Morgan fingerprint density at radius 2 is 1.55 bits per heavy atom. The van der Waals surface area contributed by atoms with Gasteiger partial charge in [0.2, 0.25) is 0 Å². The molecule has 0 saturated carbocycles. The molecule has 0 amide bonds. The summed E-state index contributed by atoms with van der Waals surface area (Å²) < 4.78 is 10.5. The number of ketones is 1. The lowest BCUT2D eigenvalue weighted by molar-refractivity contribution is 0.103. The molecule has 0 spiro atoms. The van der Waals surface area contributed by atoms with E-state index in [2.05, 4.69) is 0 Å². The molecule has 0 N–H and O–H groups in total. The minimum atomic E-state index is -0.0590. The van der Waals surface area contributed by atoms with E-state index in [1.165, 1.54) is 0 Å². The van der Waals surface area contributed by atoms with E-state index in [4.69, 9.17) is 9.47 Å². The number of hydrogen-bond acceptors (Lipinski definition) is 3. The second kappa shape index (κ2) is 5.90. The first kappa shape index (κ1) is 14.1. The number of carbonyl (C=O) groups is 1. The summed E-state index contributed by atoms with van der Waals surface area (Å²) >= 11 is 0. The minimum absolute atomic E-state index is 0.0590. The smallest absolute Gasteiger partial charge is 0.197 e. The number of benzene rings is 3. The first-order valence-corrected chi connectivity index (χ1v) is 6.99. The van der Waals surface area contributed by atoms with Crippen molar-refractivity contribution in [3.63, 3.8) is 0 Å². The molecular weight excluding hydrogens is 276 g/mol. The lowest BCUT2D eigenvalue weighted by atomic mass is 9.96. The van der Waals surface area contributed by atoms with Gasteiger partial charge in [-0.05, 0) is 41.1 Å². The molecule has 0 aliphatic heterocycles. The first-order valence-electron chi connectivity index (χ1n) is 6.99. The van der Waals surface area contributed by atoms with E-state index in [-0.39, 0.29) is 5.78 Å². The standard InChI is InChI=1S/C19H16O3/c1-21-15-10-7-14(8-11-15)19(20)18-16-6-4-3-5-13(16)9-12-17(18)22-2/h3-12H,1-2H3. The third-order valence-corrected chi connectivity index (χ3v) is 3.69. The van der Waals surface area contributed by atoms with Gasteiger partial charge in [0, 0.05) is 5.56 Å². The molecule has 0 saturated heterocycles. The fourth-order valence-corrected chi connectivity index (χ4v) is 2.54. The number of ether oxygens (including phenoxy) is 2. The average molecular weight is 292 g/mol. The number of carbonyl (C=O) groups excluding carboxylic acids is 1. The quantitative estimate of drug-likeness (QED) is 0.679. The van der Waals surface area contributed by atoms with Crippen molar-refractivity contribution in [2.24, 2.45) is 0 Å². The molecule has 3 heteroatoms. The molecule has 3 aromatic carbocycles. The Bertz CT molecular complexity index is 820. The van der Waals surface area contributed by atoms with Crippen LogP contribution in [0.5, 0.6) is 11.5 Å². The van der Waals surface area contributed by atoms with Crippen molar-refractivity contribution in [2.75, 3.05) is 14.2 Å². The zero-order valence-electron chi connectivity index (χ0n) is 12.5. The Balaban J connectivity index is 2.16. The molecule has 3 rings (SSSR count). The van der Waals surface area contributed by atoms with Crippen LogP contribution in [0, 0.1) is 0 Å². The second-order valence-corrected chi connectivity index (χ2v) is 4.92. The van der Waals surface area contributed by atoms with Gasteiger partial charge in [-0.25, -0.2) is 0 Å². The largest absolute Gasteiger partial charge is 0.497 e. The summed E-state index contributed by atoms with van der Waals surface area (Å²) in [6.07, 6.45) is 0. The van der Waals surface area contributed by atoms with Crippen molar-refractivity contribution in [2.45, 2.75) is 0 Å². The molecule has 0 aromatic heterocycles. The van der Waals surface area contributed by atoms with Crippen molar-refractivity contribution in [1.29, 1.82) is 0 Å². The molecule has 0 heterocycles. The Morgan fingerprint density at radius 3 is 2.23 bits per heavy atom. The molecule has 0 bridgehead atoms. The van der Waals surface area contributed by atoms with E-state index < -0.39 is 0 Å². The lowest BCUT2D eigenvalue weighted by Gasteiger charge is -2.11. The van der Waals surface area contributed by atoms with Gasteiger partial charge in [0.05, 0.1) is 19.8 Å². The Labute approximate surface area is 129 Å². The van der Waals surface area contributed by atoms with Crippen LogP contribution in [0.2, 0.25) is 0 Å². The average Bonchev–Trinajstić information content (AvgIpc) is 2.60. The normalized spacial score (nSPS) is 10.5. The van der Waals surface area contributed by atoms with Crippen LogP contribution in [0.15, 0.2) is 60.7 Å². The van der Waals surface area contributed by atoms with Crippen LogP contribution in [0.4, 0.5) is 0 Å². The van der Waals surface area contributed by atoms with Gasteiger partial charge in [-0.3, -0.25) is 4.79 Å². The molecule has 0 atom stereocenters. The van der Waals surface area contributed by atoms with Crippen LogP contribution in [-0.2, 0) is 0 Å². The van der Waals surface area contributed by atoms with Gasteiger partial charge in [0.15, 0.2) is 5.78 Å². The predicted molar refractivity (Wildman–Crippen MR) is 86.9 cm³/mol. The molecule has 22 heavy (non-hydrogen) atoms. The van der Waals surface area contributed by atoms with E-state index >= 15 is 0 Å². The molecule has 3 aromatic rings. The summed E-state index contributed by atoms with van der Waals surface area (Å²) in [7, 11) is 3.18. The van der Waals surface area contributed by atoms with Crippen LogP contribution in [0.1, 0.15) is 15.9 Å². The van der Waals surface area contributed by atoms with Crippen molar-refractivity contribution >= 4 is 16.6 Å². The summed E-state index contributed by atoms with van der Waals surface area (Å²) in [4.78, 5) is 12.9. The highest BCUT2D eigenvalue weighted by Crippen LogP contribution is 2.30. The summed E-state index contributed by atoms with van der Waals surface area (Å²) in [6.45, 7) is 0. The van der Waals surface area contributed by atoms with Gasteiger partial charge < -0.3 is 9.47 Å². The highest BCUT2D eigenvalue weighted by Gasteiger charge is 2.17. The predicted octanol–water partition coefficient (Wildman–Crippen LogP) is 4.09. The third kappa shape index (κ3) is 2.42. The Morgan fingerprint density at radius 1 is 0.818 bits per heavy atom. The van der Waals surface area contributed by atoms with E-state index in [0.717, 1.165) is 16.5 Å². The molecule has 0 fully saturated rings. The van der Waals surface area contributed by atoms with Gasteiger partial charge in [0.1, 0.15) is 11.5 Å². The molecule has 3 nitrogen and oxygen atoms in total. The Hall–Kier alpha value is -2.81. The SMILES string of the molecule is COc1ccc(C(=O)c2c(OC)ccc3ccccc23)cc1. The minimum Gasteiger partial charge on any atom is -0.497 e. The van der Waals surface area contributed by atoms with E-state index in [0.29, 0.717) is 16.9 Å². The maximum absolute atomic E-state index is 12.9. The van der Waals surface area contributed by atoms with Crippen LogP contribution in [0.3, 0.4) is 0 Å². The summed E-state index contributed by atoms with van der Waals surface area (Å²) in [5, 5.41) is 1.91. The van der Waals surface area contributed by atoms with Crippen LogP contribution >= 0.6 is 0 Å². The van der Waals surface area contributed by atoms with E-state index in [1.54, 1.807) is 38.5 Å². The van der Waals surface area contributed by atoms with Crippen molar-refractivity contribution in [1.82, 2.24) is 0 Å². The maximum Gasteiger partial charge on any atom is 0.197 e. The number of rotatable bonds is 4. The van der Waals surface area contributed by atoms with Crippen LogP contribution < -0.4 is 9.47 Å². The van der Waals surface area contributed by atoms with Gasteiger partial charge in [-0.2, -0.15) is 0 Å². The molecule has 110 valence electrons. The molecule has 0 radical (unpaired) electrons. The topological polar surface area (TPSA) is 35.5 Å². The van der Waals surface area contributed by atoms with E-state index in [1.807, 2.05) is 36.4 Å². The van der Waals surface area contributed by atoms with Crippen molar-refractivity contribution in [3.05, 3.63) is 71.8 Å². The fourth-order valence-electron chi connectivity index (χ4n) is 2.54. The van der Waals surface area contributed by atoms with Crippen LogP contribution in [0.25, 0.3) is 10.8 Å². The number of methoxy groups -OCH3 is 2. The van der Waals surface area contributed by atoms with Crippen LogP contribution in [-0.4, -0.2) is 20.0 Å². The molecule has 0 unspecified atom stereocenters. The van der Waals surface area contributed by atoms with Crippen molar-refractivity contribution in [3.8, 4) is 11.5 Å². The maximum atomic E-state index is 12.9. The zero-order chi connectivity index (χ0) is 15.5.